The monoisotopic (exact) mass is 335 g/mol. The average Bonchev–Trinajstić information content (AvgIpc) is 2.99. The van der Waals surface area contributed by atoms with E-state index in [1.54, 1.807) is 0 Å². The maximum absolute atomic E-state index is 13.6. The summed E-state index contributed by atoms with van der Waals surface area (Å²) in [5.41, 5.74) is 0.448. The Labute approximate surface area is 164 Å². The molecule has 0 unspecified atom stereocenters. The topological polar surface area (TPSA) is 29.5 Å². The zero-order valence-electron chi connectivity index (χ0n) is 16.3. The number of carbonyl (C=O) groups excluding carboxylic acids is 1. The molecule has 2 aliphatic rings. The maximum atomic E-state index is 13.6. The van der Waals surface area contributed by atoms with E-state index in [1.807, 2.05) is 6.07 Å². The van der Waals surface area contributed by atoms with Gasteiger partial charge in [0.2, 0.25) is 5.91 Å². The Bertz CT molecular complexity index is 591. The Hall–Kier alpha value is -0.753. The van der Waals surface area contributed by atoms with Gasteiger partial charge in [0.1, 0.15) is 5.72 Å². The molecule has 1 aromatic rings. The summed E-state index contributed by atoms with van der Waals surface area (Å²) in [6.45, 7) is 11.1. The van der Waals surface area contributed by atoms with Crippen molar-refractivity contribution in [3.63, 3.8) is 0 Å². The Balaban J connectivity index is 0.00000225. The van der Waals surface area contributed by atoms with Crippen LogP contribution in [0.4, 0.5) is 0 Å². The van der Waals surface area contributed by atoms with Crippen LogP contribution in [0.5, 0.6) is 0 Å². The number of carbonyl (C=O) groups is 1. The summed E-state index contributed by atoms with van der Waals surface area (Å²) in [4.78, 5) is 15.6. The van der Waals surface area contributed by atoms with Gasteiger partial charge in [-0.25, -0.2) is 0 Å². The van der Waals surface area contributed by atoms with E-state index in [4.69, 9.17) is 4.74 Å². The molecule has 0 radical (unpaired) electrons. The van der Waals surface area contributed by atoms with E-state index in [0.29, 0.717) is 18.4 Å². The summed E-state index contributed by atoms with van der Waals surface area (Å²) < 4.78 is 6.17. The van der Waals surface area contributed by atoms with Crippen molar-refractivity contribution < 1.29 is 28.4 Å². The van der Waals surface area contributed by atoms with Gasteiger partial charge in [-0.2, -0.15) is 6.42 Å². The predicted molar refractivity (Wildman–Crippen MR) is 96.2 cm³/mol. The van der Waals surface area contributed by atoms with Crippen LogP contribution in [0.15, 0.2) is 30.3 Å². The van der Waals surface area contributed by atoms with Crippen LogP contribution in [0, 0.1) is 18.3 Å². The molecule has 4 heteroatoms. The summed E-state index contributed by atoms with van der Waals surface area (Å²) in [6, 6.07) is 10.6. The Morgan fingerprint density at radius 2 is 2.00 bits per heavy atom. The van der Waals surface area contributed by atoms with Crippen molar-refractivity contribution in [2.45, 2.75) is 64.6 Å². The number of amides is 1. The number of hydrogen-bond acceptors (Lipinski definition) is 2. The summed E-state index contributed by atoms with van der Waals surface area (Å²) in [6.07, 6.45) is 4.33. The molecule has 0 N–H and O–H groups in total. The van der Waals surface area contributed by atoms with Crippen molar-refractivity contribution in [1.29, 1.82) is 0 Å². The third kappa shape index (κ3) is 3.70. The van der Waals surface area contributed by atoms with Crippen molar-refractivity contribution in [1.82, 2.24) is 4.90 Å². The van der Waals surface area contributed by atoms with E-state index < -0.39 is 5.72 Å². The fourth-order valence-electron chi connectivity index (χ4n) is 4.58. The first-order chi connectivity index (χ1) is 11.4. The van der Waals surface area contributed by atoms with Gasteiger partial charge in [-0.15, -0.1) is 0 Å². The van der Waals surface area contributed by atoms with E-state index in [1.165, 1.54) is 5.56 Å². The fourth-order valence-corrected chi connectivity index (χ4v) is 4.58. The summed E-state index contributed by atoms with van der Waals surface area (Å²) in [5.74, 6) is 0.703. The normalized spacial score (nSPS) is 31.3. The van der Waals surface area contributed by atoms with E-state index in [-0.39, 0.29) is 30.3 Å². The molecule has 0 aromatic heterocycles. The SMILES string of the molecule is [CH2-]CCC[C@]1(Cc2ccccc2)C[C@@]2(C)OC[C@H](C(C)C)N2C1=O.[Li+]. The number of rotatable bonds is 6. The van der Waals surface area contributed by atoms with Gasteiger partial charge < -0.3 is 16.6 Å². The minimum atomic E-state index is -0.442. The second-order valence-corrected chi connectivity index (χ2v) is 8.05. The number of unbranched alkanes of at least 4 members (excludes halogenated alkanes) is 1. The van der Waals surface area contributed by atoms with E-state index in [9.17, 15) is 4.79 Å². The summed E-state index contributed by atoms with van der Waals surface area (Å²) in [7, 11) is 0. The van der Waals surface area contributed by atoms with E-state index >= 15 is 0 Å². The van der Waals surface area contributed by atoms with Crippen LogP contribution in [0.2, 0.25) is 0 Å². The van der Waals surface area contributed by atoms with Gasteiger partial charge in [-0.1, -0.05) is 50.6 Å². The first kappa shape index (κ1) is 20.6. The van der Waals surface area contributed by atoms with Gasteiger partial charge in [0, 0.05) is 6.42 Å². The van der Waals surface area contributed by atoms with Crippen molar-refractivity contribution in [3.05, 3.63) is 42.8 Å². The molecule has 2 saturated heterocycles. The molecule has 25 heavy (non-hydrogen) atoms. The number of nitrogens with zero attached hydrogens (tertiary/aromatic N) is 1. The molecule has 3 nitrogen and oxygen atoms in total. The maximum Gasteiger partial charge on any atom is 1.00 e. The van der Waals surface area contributed by atoms with E-state index in [0.717, 1.165) is 32.1 Å². The Morgan fingerprint density at radius 3 is 2.60 bits per heavy atom. The number of benzene rings is 1. The number of hydrogen-bond donors (Lipinski definition) is 0. The molecular formula is C21H30LiNO2. The molecule has 0 saturated carbocycles. The predicted octanol–water partition coefficient (Wildman–Crippen LogP) is 1.23. The zero-order chi connectivity index (χ0) is 17.4. The van der Waals surface area contributed by atoms with Gasteiger partial charge in [0.25, 0.3) is 0 Å². The minimum absolute atomic E-state index is 0. The van der Waals surface area contributed by atoms with Crippen LogP contribution in [0.25, 0.3) is 0 Å². The third-order valence-electron chi connectivity index (χ3n) is 5.81. The quantitative estimate of drug-likeness (QED) is 0.578. The summed E-state index contributed by atoms with van der Waals surface area (Å²) >= 11 is 0. The molecule has 0 spiro atoms. The molecule has 1 amide bonds. The van der Waals surface area contributed by atoms with Gasteiger partial charge in [-0.3, -0.25) is 4.79 Å². The molecule has 2 fully saturated rings. The van der Waals surface area contributed by atoms with Crippen molar-refractivity contribution in [2.75, 3.05) is 6.61 Å². The molecule has 2 heterocycles. The van der Waals surface area contributed by atoms with Crippen LogP contribution in [0.3, 0.4) is 0 Å². The summed E-state index contributed by atoms with van der Waals surface area (Å²) in [5, 5.41) is 0. The van der Waals surface area contributed by atoms with Crippen LogP contribution in [0.1, 0.15) is 52.0 Å². The van der Waals surface area contributed by atoms with Crippen LogP contribution in [-0.4, -0.2) is 29.2 Å². The van der Waals surface area contributed by atoms with Gasteiger partial charge >= 0.3 is 18.9 Å². The van der Waals surface area contributed by atoms with Crippen LogP contribution < -0.4 is 18.9 Å². The van der Waals surface area contributed by atoms with E-state index in [2.05, 4.69) is 56.9 Å². The second kappa shape index (κ2) is 7.87. The first-order valence-electron chi connectivity index (χ1n) is 9.23. The van der Waals surface area contributed by atoms with Gasteiger partial charge in [0.15, 0.2) is 0 Å². The van der Waals surface area contributed by atoms with Crippen molar-refractivity contribution in [2.24, 2.45) is 11.3 Å². The standard InChI is InChI=1S/C21H30NO2.Li/c1-5-6-12-21(13-17-10-8-7-9-11-17)15-20(4)22(19(21)23)18(14-24-20)16(2)3;/h7-11,16,18H,1,5-6,12-15H2,2-4H3;/q-1;+1/t18-,20-,21+;/m1./s1. The molecular weight excluding hydrogens is 305 g/mol. The Kier molecular flexibility index (Phi) is 6.47. The molecule has 0 bridgehead atoms. The molecule has 3 rings (SSSR count). The van der Waals surface area contributed by atoms with Crippen LogP contribution >= 0.6 is 0 Å². The average molecular weight is 335 g/mol. The zero-order valence-corrected chi connectivity index (χ0v) is 16.3. The van der Waals surface area contributed by atoms with Gasteiger partial charge in [-0.05, 0) is 31.2 Å². The molecule has 2 aliphatic heterocycles. The third-order valence-corrected chi connectivity index (χ3v) is 5.81. The first-order valence-corrected chi connectivity index (χ1v) is 9.23. The molecule has 1 aromatic carbocycles. The van der Waals surface area contributed by atoms with Crippen molar-refractivity contribution in [3.8, 4) is 0 Å². The number of ether oxygens (including phenoxy) is 1. The largest absolute Gasteiger partial charge is 1.00 e. The smallest absolute Gasteiger partial charge is 0.354 e. The van der Waals surface area contributed by atoms with Gasteiger partial charge in [0.05, 0.1) is 18.1 Å². The Morgan fingerprint density at radius 1 is 1.32 bits per heavy atom. The number of fused-ring (bicyclic) bond motifs is 1. The minimum Gasteiger partial charge on any atom is -0.354 e. The van der Waals surface area contributed by atoms with Crippen LogP contribution in [-0.2, 0) is 16.0 Å². The van der Waals surface area contributed by atoms with Crippen molar-refractivity contribution >= 4 is 5.91 Å². The second-order valence-electron chi connectivity index (χ2n) is 8.05. The fraction of sp³-hybridized carbons (Fsp3) is 0.619. The molecule has 132 valence electrons. The molecule has 0 aliphatic carbocycles. The molecule has 3 atom stereocenters.